The monoisotopic (exact) mass is 393 g/mol. The molecule has 0 bridgehead atoms. The summed E-state index contributed by atoms with van der Waals surface area (Å²) in [5.41, 5.74) is 1.40. The van der Waals surface area contributed by atoms with E-state index in [9.17, 15) is 14.4 Å². The second-order valence-electron chi connectivity index (χ2n) is 5.68. The van der Waals surface area contributed by atoms with Gasteiger partial charge in [-0.05, 0) is 43.7 Å². The summed E-state index contributed by atoms with van der Waals surface area (Å²) in [6, 6.07) is 10.5. The lowest BCUT2D eigenvalue weighted by atomic mass is 10.1. The van der Waals surface area contributed by atoms with Crippen LogP contribution in [0.2, 0.25) is 10.0 Å². The quantitative estimate of drug-likeness (QED) is 0.588. The van der Waals surface area contributed by atoms with Crippen LogP contribution in [-0.2, 0) is 9.53 Å². The smallest absolute Gasteiger partial charge is 0.338 e. The summed E-state index contributed by atoms with van der Waals surface area (Å²) in [5.74, 6) is -1.11. The van der Waals surface area contributed by atoms with E-state index in [-0.39, 0.29) is 11.6 Å². The van der Waals surface area contributed by atoms with Gasteiger partial charge >= 0.3 is 5.97 Å². The predicted molar refractivity (Wildman–Crippen MR) is 99.7 cm³/mol. The number of nitrogens with one attached hydrogen (secondary N) is 1. The van der Waals surface area contributed by atoms with Crippen molar-refractivity contribution in [3.05, 3.63) is 69.2 Å². The van der Waals surface area contributed by atoms with Gasteiger partial charge in [-0.3, -0.25) is 9.59 Å². The standard InChI is InChI=1S/C19H17Cl2NO4/c1-11(16-8-7-15(20)9-17(16)21)22-18(24)12(2)26-19(25)14-5-3-13(10-23)4-6-14/h3-12H,1-2H3,(H,22,24)/t11-,12-/m1/s1. The number of ether oxygens (including phenoxy) is 1. The van der Waals surface area contributed by atoms with Crippen LogP contribution in [0.1, 0.15) is 46.2 Å². The van der Waals surface area contributed by atoms with Crippen molar-refractivity contribution in [1.29, 1.82) is 0 Å². The Hall–Kier alpha value is -2.37. The Bertz CT molecular complexity index is 821. The molecule has 0 aliphatic heterocycles. The summed E-state index contributed by atoms with van der Waals surface area (Å²) in [4.78, 5) is 35.0. The third-order valence-electron chi connectivity index (χ3n) is 3.72. The molecular weight excluding hydrogens is 377 g/mol. The number of carbonyl (C=O) groups excluding carboxylic acids is 3. The van der Waals surface area contributed by atoms with Crippen LogP contribution < -0.4 is 5.32 Å². The summed E-state index contributed by atoms with van der Waals surface area (Å²) >= 11 is 12.0. The molecule has 136 valence electrons. The highest BCUT2D eigenvalue weighted by Crippen LogP contribution is 2.26. The fraction of sp³-hybridized carbons (Fsp3) is 0.211. The zero-order valence-electron chi connectivity index (χ0n) is 14.2. The van der Waals surface area contributed by atoms with E-state index in [1.807, 2.05) is 0 Å². The average molecular weight is 394 g/mol. The molecule has 0 heterocycles. The molecule has 1 N–H and O–H groups in total. The molecule has 0 unspecified atom stereocenters. The summed E-state index contributed by atoms with van der Waals surface area (Å²) in [5, 5.41) is 3.68. The molecule has 0 spiro atoms. The molecule has 1 amide bonds. The lowest BCUT2D eigenvalue weighted by Gasteiger charge is -2.19. The van der Waals surface area contributed by atoms with Crippen molar-refractivity contribution in [2.24, 2.45) is 0 Å². The van der Waals surface area contributed by atoms with Gasteiger partial charge < -0.3 is 10.1 Å². The first-order chi connectivity index (χ1) is 12.3. The van der Waals surface area contributed by atoms with Gasteiger partial charge in [0.25, 0.3) is 5.91 Å². The Morgan fingerprint density at radius 1 is 1.08 bits per heavy atom. The zero-order chi connectivity index (χ0) is 19.3. The number of hydrogen-bond acceptors (Lipinski definition) is 4. The van der Waals surface area contributed by atoms with Crippen molar-refractivity contribution >= 4 is 41.4 Å². The van der Waals surface area contributed by atoms with Crippen LogP contribution in [0.3, 0.4) is 0 Å². The van der Waals surface area contributed by atoms with Crippen molar-refractivity contribution in [1.82, 2.24) is 5.32 Å². The van der Waals surface area contributed by atoms with E-state index in [0.29, 0.717) is 27.5 Å². The summed E-state index contributed by atoms with van der Waals surface area (Å²) in [6.07, 6.45) is -0.323. The summed E-state index contributed by atoms with van der Waals surface area (Å²) in [7, 11) is 0. The second kappa shape index (κ2) is 8.83. The van der Waals surface area contributed by atoms with Gasteiger partial charge in [-0.25, -0.2) is 4.79 Å². The van der Waals surface area contributed by atoms with E-state index < -0.39 is 18.0 Å². The summed E-state index contributed by atoms with van der Waals surface area (Å²) in [6.45, 7) is 3.24. The number of aldehydes is 1. The number of carbonyl (C=O) groups is 3. The second-order valence-corrected chi connectivity index (χ2v) is 6.53. The Kier molecular flexibility index (Phi) is 6.77. The normalized spacial score (nSPS) is 12.8. The highest BCUT2D eigenvalue weighted by Gasteiger charge is 2.21. The minimum Gasteiger partial charge on any atom is -0.449 e. The lowest BCUT2D eigenvalue weighted by Crippen LogP contribution is -2.37. The number of esters is 1. The van der Waals surface area contributed by atoms with E-state index in [0.717, 1.165) is 0 Å². The molecule has 2 aromatic rings. The van der Waals surface area contributed by atoms with Gasteiger partial charge in [0.05, 0.1) is 11.6 Å². The Balaban J connectivity index is 1.97. The molecule has 26 heavy (non-hydrogen) atoms. The first kappa shape index (κ1) is 19.9. The van der Waals surface area contributed by atoms with Gasteiger partial charge in [0.2, 0.25) is 0 Å². The number of halogens is 2. The molecule has 7 heteroatoms. The van der Waals surface area contributed by atoms with Gasteiger partial charge in [0.15, 0.2) is 6.10 Å². The van der Waals surface area contributed by atoms with Crippen molar-refractivity contribution in [2.75, 3.05) is 0 Å². The first-order valence-corrected chi connectivity index (χ1v) is 8.59. The van der Waals surface area contributed by atoms with E-state index in [4.69, 9.17) is 27.9 Å². The molecule has 2 aromatic carbocycles. The Morgan fingerprint density at radius 3 is 2.31 bits per heavy atom. The van der Waals surface area contributed by atoms with Crippen molar-refractivity contribution in [3.8, 4) is 0 Å². The first-order valence-electron chi connectivity index (χ1n) is 7.83. The van der Waals surface area contributed by atoms with Crippen LogP contribution in [-0.4, -0.2) is 24.3 Å². The zero-order valence-corrected chi connectivity index (χ0v) is 15.7. The van der Waals surface area contributed by atoms with Gasteiger partial charge in [-0.2, -0.15) is 0 Å². The maximum atomic E-state index is 12.3. The van der Waals surface area contributed by atoms with Gasteiger partial charge in [-0.1, -0.05) is 41.4 Å². The van der Waals surface area contributed by atoms with Crippen molar-refractivity contribution in [2.45, 2.75) is 26.0 Å². The molecule has 2 rings (SSSR count). The van der Waals surface area contributed by atoms with Crippen LogP contribution in [0.5, 0.6) is 0 Å². The molecule has 5 nitrogen and oxygen atoms in total. The summed E-state index contributed by atoms with van der Waals surface area (Å²) < 4.78 is 5.16. The van der Waals surface area contributed by atoms with Crippen LogP contribution in [0.25, 0.3) is 0 Å². The lowest BCUT2D eigenvalue weighted by molar-refractivity contribution is -0.129. The molecule has 0 aliphatic rings. The van der Waals surface area contributed by atoms with Gasteiger partial charge in [0.1, 0.15) is 6.29 Å². The molecule has 0 radical (unpaired) electrons. The number of amides is 1. The number of benzene rings is 2. The molecular formula is C19H17Cl2NO4. The van der Waals surface area contributed by atoms with E-state index in [1.54, 1.807) is 25.1 Å². The number of rotatable bonds is 6. The maximum absolute atomic E-state index is 12.3. The third-order valence-corrected chi connectivity index (χ3v) is 4.29. The van der Waals surface area contributed by atoms with E-state index >= 15 is 0 Å². The molecule has 0 saturated carbocycles. The SMILES string of the molecule is C[C@@H](OC(=O)c1ccc(C=O)cc1)C(=O)N[C@H](C)c1ccc(Cl)cc1Cl. The fourth-order valence-electron chi connectivity index (χ4n) is 2.24. The van der Waals surface area contributed by atoms with Crippen molar-refractivity contribution in [3.63, 3.8) is 0 Å². The Labute approximate surface area is 161 Å². The largest absolute Gasteiger partial charge is 0.449 e. The van der Waals surface area contributed by atoms with Crippen LogP contribution in [0.15, 0.2) is 42.5 Å². The molecule has 0 aromatic heterocycles. The third kappa shape index (κ3) is 5.07. The van der Waals surface area contributed by atoms with E-state index in [1.165, 1.54) is 31.2 Å². The van der Waals surface area contributed by atoms with Crippen molar-refractivity contribution < 1.29 is 19.1 Å². The van der Waals surface area contributed by atoms with Crippen LogP contribution in [0, 0.1) is 0 Å². The van der Waals surface area contributed by atoms with E-state index in [2.05, 4.69) is 5.32 Å². The minimum atomic E-state index is -0.998. The maximum Gasteiger partial charge on any atom is 0.338 e. The van der Waals surface area contributed by atoms with Crippen LogP contribution >= 0.6 is 23.2 Å². The Morgan fingerprint density at radius 2 is 1.73 bits per heavy atom. The topological polar surface area (TPSA) is 72.5 Å². The molecule has 2 atom stereocenters. The fourth-order valence-corrected chi connectivity index (χ4v) is 2.81. The van der Waals surface area contributed by atoms with Gasteiger partial charge in [0, 0.05) is 15.6 Å². The molecule has 0 aliphatic carbocycles. The minimum absolute atomic E-state index is 0.254. The van der Waals surface area contributed by atoms with Crippen LogP contribution in [0.4, 0.5) is 0 Å². The predicted octanol–water partition coefficient (Wildman–Crippen LogP) is 4.23. The van der Waals surface area contributed by atoms with Gasteiger partial charge in [-0.15, -0.1) is 0 Å². The average Bonchev–Trinajstić information content (AvgIpc) is 2.61. The molecule has 0 fully saturated rings. The molecule has 0 saturated heterocycles. The highest BCUT2D eigenvalue weighted by atomic mass is 35.5. The highest BCUT2D eigenvalue weighted by molar-refractivity contribution is 6.35. The number of hydrogen-bond donors (Lipinski definition) is 1.